The van der Waals surface area contributed by atoms with Gasteiger partial charge in [-0.05, 0) is 64.2 Å². The first-order valence-corrected chi connectivity index (χ1v) is 15.9. The molecule has 10 rings (SSSR count). The molecule has 0 radical (unpaired) electrons. The zero-order chi connectivity index (χ0) is 30.9. The number of furan rings is 2. The molecule has 47 heavy (non-hydrogen) atoms. The molecule has 0 unspecified atom stereocenters. The summed E-state index contributed by atoms with van der Waals surface area (Å²) in [6.07, 6.45) is 0. The zero-order valence-corrected chi connectivity index (χ0v) is 25.4. The van der Waals surface area contributed by atoms with E-state index >= 15 is 0 Å². The van der Waals surface area contributed by atoms with Crippen LogP contribution >= 0.6 is 0 Å². The topological polar surface area (TPSA) is 29.5 Å². The molecular weight excluding hydrogens is 574 g/mol. The van der Waals surface area contributed by atoms with Crippen molar-refractivity contribution in [3.63, 3.8) is 0 Å². The Bertz CT molecular complexity index is 2810. The van der Waals surface area contributed by atoms with Crippen molar-refractivity contribution in [1.29, 1.82) is 0 Å². The fourth-order valence-electron chi connectivity index (χ4n) is 7.31. The van der Waals surface area contributed by atoms with Crippen LogP contribution in [0.25, 0.3) is 76.5 Å². The van der Waals surface area contributed by atoms with E-state index in [0.29, 0.717) is 0 Å². The van der Waals surface area contributed by atoms with Crippen LogP contribution in [0.2, 0.25) is 0 Å². The molecule has 0 saturated carbocycles. The minimum absolute atomic E-state index is 0.849. The van der Waals surface area contributed by atoms with Crippen LogP contribution in [0, 0.1) is 0 Å². The maximum Gasteiger partial charge on any atom is 0.160 e. The molecular formula is C44H27NO2. The first-order valence-electron chi connectivity index (χ1n) is 15.9. The van der Waals surface area contributed by atoms with Crippen LogP contribution in [0.4, 0.5) is 17.1 Å². The Morgan fingerprint density at radius 1 is 0.383 bits per heavy atom. The Hall–Kier alpha value is -6.32. The highest BCUT2D eigenvalue weighted by Gasteiger charge is 2.26. The summed E-state index contributed by atoms with van der Waals surface area (Å²) in [7, 11) is 0. The van der Waals surface area contributed by atoms with Crippen LogP contribution in [0.1, 0.15) is 0 Å². The van der Waals surface area contributed by atoms with Gasteiger partial charge >= 0.3 is 0 Å². The summed E-state index contributed by atoms with van der Waals surface area (Å²) in [5, 5.41) is 9.13. The third-order valence-electron chi connectivity index (χ3n) is 9.43. The molecule has 3 nitrogen and oxygen atoms in total. The molecule has 0 aliphatic carbocycles. The average molecular weight is 602 g/mol. The van der Waals surface area contributed by atoms with Gasteiger partial charge in [0.15, 0.2) is 5.58 Å². The van der Waals surface area contributed by atoms with Crippen molar-refractivity contribution in [3.05, 3.63) is 164 Å². The zero-order valence-electron chi connectivity index (χ0n) is 25.4. The second kappa shape index (κ2) is 10.1. The third-order valence-corrected chi connectivity index (χ3v) is 9.43. The largest absolute Gasteiger partial charge is 0.456 e. The van der Waals surface area contributed by atoms with Crippen LogP contribution in [-0.2, 0) is 0 Å². The first kappa shape index (κ1) is 26.0. The van der Waals surface area contributed by atoms with Gasteiger partial charge in [0.05, 0.1) is 11.4 Å². The molecule has 2 aromatic heterocycles. The monoisotopic (exact) mass is 601 g/mol. The van der Waals surface area contributed by atoms with E-state index in [1.165, 1.54) is 16.2 Å². The smallest absolute Gasteiger partial charge is 0.160 e. The molecule has 0 bridgehead atoms. The lowest BCUT2D eigenvalue weighted by Crippen LogP contribution is -2.12. The molecule has 2 heterocycles. The maximum atomic E-state index is 6.85. The summed E-state index contributed by atoms with van der Waals surface area (Å²) < 4.78 is 13.1. The van der Waals surface area contributed by atoms with Crippen LogP contribution < -0.4 is 4.90 Å². The number of benzene rings is 8. The third kappa shape index (κ3) is 3.93. The molecule has 10 aromatic rings. The molecule has 0 aliphatic rings. The van der Waals surface area contributed by atoms with E-state index in [9.17, 15) is 0 Å². The SMILES string of the molecule is c1ccc(-c2ccc3c(oc4ccccc43)c2N(c2ccc3oc4ccccc4c3c2)c2cc3ccccc3c3ccccc23)cc1. The Labute approximate surface area is 270 Å². The summed E-state index contributed by atoms with van der Waals surface area (Å²) >= 11 is 0. The van der Waals surface area contributed by atoms with Crippen LogP contribution in [0.3, 0.4) is 0 Å². The van der Waals surface area contributed by atoms with Crippen molar-refractivity contribution in [3.8, 4) is 11.1 Å². The molecule has 0 fully saturated rings. The molecule has 0 N–H and O–H groups in total. The van der Waals surface area contributed by atoms with Gasteiger partial charge in [0.2, 0.25) is 0 Å². The van der Waals surface area contributed by atoms with Gasteiger partial charge in [-0.25, -0.2) is 0 Å². The van der Waals surface area contributed by atoms with E-state index in [4.69, 9.17) is 8.83 Å². The summed E-state index contributed by atoms with van der Waals surface area (Å²) in [4.78, 5) is 2.41. The van der Waals surface area contributed by atoms with E-state index in [1.54, 1.807) is 0 Å². The van der Waals surface area contributed by atoms with Gasteiger partial charge in [0, 0.05) is 38.2 Å². The van der Waals surface area contributed by atoms with Crippen molar-refractivity contribution in [2.24, 2.45) is 0 Å². The lowest BCUT2D eigenvalue weighted by molar-refractivity contribution is 0.669. The Morgan fingerprint density at radius 2 is 1.00 bits per heavy atom. The van der Waals surface area contributed by atoms with E-state index in [0.717, 1.165) is 77.5 Å². The van der Waals surface area contributed by atoms with Crippen molar-refractivity contribution in [2.75, 3.05) is 4.90 Å². The molecule has 0 spiro atoms. The van der Waals surface area contributed by atoms with Crippen molar-refractivity contribution < 1.29 is 8.83 Å². The van der Waals surface area contributed by atoms with Gasteiger partial charge in [-0.2, -0.15) is 0 Å². The van der Waals surface area contributed by atoms with Gasteiger partial charge in [-0.1, -0.05) is 121 Å². The number of rotatable bonds is 4. The predicted molar refractivity (Wildman–Crippen MR) is 196 cm³/mol. The van der Waals surface area contributed by atoms with Crippen LogP contribution in [-0.4, -0.2) is 0 Å². The number of hydrogen-bond donors (Lipinski definition) is 0. The fourth-order valence-corrected chi connectivity index (χ4v) is 7.31. The Kier molecular flexibility index (Phi) is 5.57. The van der Waals surface area contributed by atoms with Gasteiger partial charge in [0.1, 0.15) is 16.7 Å². The average Bonchev–Trinajstić information content (AvgIpc) is 3.71. The highest BCUT2D eigenvalue weighted by atomic mass is 16.3. The molecule has 0 aliphatic heterocycles. The van der Waals surface area contributed by atoms with Gasteiger partial charge in [-0.15, -0.1) is 0 Å². The van der Waals surface area contributed by atoms with Gasteiger partial charge < -0.3 is 13.7 Å². The second-order valence-electron chi connectivity index (χ2n) is 12.1. The molecule has 0 saturated heterocycles. The highest BCUT2D eigenvalue weighted by molar-refractivity contribution is 6.19. The van der Waals surface area contributed by atoms with Gasteiger partial charge in [0.25, 0.3) is 0 Å². The van der Waals surface area contributed by atoms with Gasteiger partial charge in [-0.3, -0.25) is 0 Å². The number of hydrogen-bond acceptors (Lipinski definition) is 3. The van der Waals surface area contributed by atoms with Crippen LogP contribution in [0.5, 0.6) is 0 Å². The highest BCUT2D eigenvalue weighted by Crippen LogP contribution is 2.50. The molecule has 3 heteroatoms. The van der Waals surface area contributed by atoms with Crippen molar-refractivity contribution in [2.45, 2.75) is 0 Å². The first-order chi connectivity index (χ1) is 23.3. The van der Waals surface area contributed by atoms with E-state index in [2.05, 4.69) is 150 Å². The van der Waals surface area contributed by atoms with E-state index in [1.807, 2.05) is 18.2 Å². The molecule has 0 amide bonds. The van der Waals surface area contributed by atoms with Crippen molar-refractivity contribution >= 4 is 82.5 Å². The minimum atomic E-state index is 0.849. The molecule has 0 atom stereocenters. The maximum absolute atomic E-state index is 6.85. The number of fused-ring (bicyclic) bond motifs is 9. The fraction of sp³-hybridized carbons (Fsp3) is 0. The standard InChI is InChI=1S/C44H27NO2/c1-2-12-28(13-3-1)32-23-24-37-35-18-8-11-21-41(35)47-44(37)43(32)45(30-22-25-42-38(27-30)36-19-9-10-20-40(36)46-42)39-26-29-14-4-5-15-31(29)33-16-6-7-17-34(33)39/h1-27H. The van der Waals surface area contributed by atoms with E-state index in [-0.39, 0.29) is 0 Å². The number of para-hydroxylation sites is 2. The summed E-state index contributed by atoms with van der Waals surface area (Å²) in [6.45, 7) is 0. The summed E-state index contributed by atoms with van der Waals surface area (Å²) in [5.74, 6) is 0. The Morgan fingerprint density at radius 3 is 1.81 bits per heavy atom. The molecule has 220 valence electrons. The minimum Gasteiger partial charge on any atom is -0.456 e. The summed E-state index contributed by atoms with van der Waals surface area (Å²) in [6, 6.07) is 57.9. The lowest BCUT2D eigenvalue weighted by Gasteiger charge is -2.29. The normalized spacial score (nSPS) is 11.8. The summed E-state index contributed by atoms with van der Waals surface area (Å²) in [5.41, 5.74) is 8.77. The Balaban J connectivity index is 1.39. The number of nitrogens with zero attached hydrogens (tertiary/aromatic N) is 1. The molecule has 8 aromatic carbocycles. The van der Waals surface area contributed by atoms with Crippen LogP contribution in [0.15, 0.2) is 173 Å². The number of anilines is 3. The quantitative estimate of drug-likeness (QED) is 0.188. The predicted octanol–water partition coefficient (Wildman–Crippen LogP) is 12.9. The second-order valence-corrected chi connectivity index (χ2v) is 12.1. The van der Waals surface area contributed by atoms with E-state index < -0.39 is 0 Å². The lowest BCUT2D eigenvalue weighted by atomic mass is 9.96. The van der Waals surface area contributed by atoms with Crippen molar-refractivity contribution in [1.82, 2.24) is 0 Å².